The minimum absolute atomic E-state index is 0.0343. The fourth-order valence-corrected chi connectivity index (χ4v) is 17.6. The summed E-state index contributed by atoms with van der Waals surface area (Å²) in [6, 6.07) is -10.9. The highest BCUT2D eigenvalue weighted by Gasteiger charge is 2.59. The van der Waals surface area contributed by atoms with Gasteiger partial charge in [0.05, 0.1) is 43.6 Å². The van der Waals surface area contributed by atoms with E-state index in [2.05, 4.69) is 16.0 Å². The number of carbonyl (C=O) groups excluding carboxylic acids is 12. The van der Waals surface area contributed by atoms with E-state index in [1.165, 1.54) is 88.0 Å². The van der Waals surface area contributed by atoms with E-state index in [1.54, 1.807) is 39.8 Å². The number of fused-ring (bicyclic) bond motifs is 3. The quantitative estimate of drug-likeness (QED) is 0.117. The highest BCUT2D eigenvalue weighted by molar-refractivity contribution is 6.01. The molecule has 4 saturated carbocycles. The second-order valence-electron chi connectivity index (χ2n) is 33.2. The third-order valence-corrected chi connectivity index (χ3v) is 24.5. The number of rotatable bonds is 15. The van der Waals surface area contributed by atoms with E-state index in [9.17, 15) is 55.1 Å². The maximum Gasteiger partial charge on any atom is 0.394 e. The molecule has 3 unspecified atom stereocenters. The first-order valence-corrected chi connectivity index (χ1v) is 39.2. The molecule has 3 N–H and O–H groups in total. The largest absolute Gasteiger partial charge is 0.394 e. The highest BCUT2D eigenvalue weighted by atomic mass is 19.4. The van der Waals surface area contributed by atoms with Crippen molar-refractivity contribution in [1.82, 2.24) is 60.0 Å². The van der Waals surface area contributed by atoms with Crippen LogP contribution in [0.1, 0.15) is 189 Å². The average molecular weight is 1550 g/mol. The van der Waals surface area contributed by atoms with Crippen LogP contribution in [0.15, 0.2) is 12.2 Å². The lowest BCUT2D eigenvalue weighted by atomic mass is 9.58. The van der Waals surface area contributed by atoms with Gasteiger partial charge in [-0.05, 0) is 139 Å². The van der Waals surface area contributed by atoms with Crippen molar-refractivity contribution in [2.45, 2.75) is 268 Å². The fourth-order valence-electron chi connectivity index (χ4n) is 17.6. The van der Waals surface area contributed by atoms with Crippen molar-refractivity contribution in [2.24, 2.45) is 40.9 Å². The molecule has 616 valence electrons. The Morgan fingerprint density at radius 2 is 1.26 bits per heavy atom. The van der Waals surface area contributed by atoms with Gasteiger partial charge in [0.15, 0.2) is 0 Å². The zero-order valence-corrected chi connectivity index (χ0v) is 66.7. The van der Waals surface area contributed by atoms with Gasteiger partial charge < -0.3 is 69.5 Å². The Labute approximate surface area is 638 Å². The Kier molecular flexibility index (Phi) is 31.0. The molecule has 3 heterocycles. The molecule has 12 amide bonds. The second-order valence-corrected chi connectivity index (χ2v) is 33.2. The van der Waals surface area contributed by atoms with E-state index in [0.717, 1.165) is 38.9 Å². The fraction of sp³-hybridized carbons (Fsp3) is 0.818. The van der Waals surface area contributed by atoms with E-state index in [1.807, 2.05) is 13.8 Å². The molecule has 26 nitrogen and oxygen atoms in total. The molecule has 0 aromatic rings. The molecule has 2 saturated heterocycles. The summed E-state index contributed by atoms with van der Waals surface area (Å²) in [7, 11) is 12.3. The lowest BCUT2D eigenvalue weighted by Crippen LogP contribution is -2.71. The molecule has 6 fully saturated rings. The molecule has 0 aromatic heterocycles. The number of nitrogens with zero attached hydrogens (tertiary/aromatic N) is 9. The van der Waals surface area contributed by atoms with Crippen molar-refractivity contribution in [2.75, 3.05) is 96.3 Å². The molecule has 7 aliphatic rings. The first-order valence-electron chi connectivity index (χ1n) is 39.2. The van der Waals surface area contributed by atoms with Crippen molar-refractivity contribution < 1.29 is 93.4 Å². The zero-order valence-electron chi connectivity index (χ0n) is 66.7. The lowest BCUT2D eigenvalue weighted by Gasteiger charge is -2.54. The number of carbonyl (C=O) groups is 12. The SMILES string of the molecule is CCC[C@H]1C(=O)N[C@@H]([C@@H](C)CC)C(=O)N(C)CC(=O)N(C)[C@H]2C/C=C\CCN(C2=O)[C@@H](CC2CCC(C(F)(F)F)CC2)C(=O)N(C)CC(=O)N[C@@H](CCC2CCC(C(F)(F)F)C(OC)C2)C(=O)N2C[C@H](OCC)C[C@H]2C(=O)NC2(CC(C)(C)C2)C(=O)N(C)[C@@H](CC2CCC2)C(=O)N(C)[C@H](C(=O)N(C)C)CC(=O)N1C. The zero-order chi connectivity index (χ0) is 81.1. The molecule has 4 aliphatic carbocycles. The summed E-state index contributed by atoms with van der Waals surface area (Å²) in [6.45, 7) is 9.23. The molecule has 3 aliphatic heterocycles. The Morgan fingerprint density at radius 3 is 1.83 bits per heavy atom. The maximum atomic E-state index is 15.7. The predicted octanol–water partition coefficient (Wildman–Crippen LogP) is 6.47. The first-order chi connectivity index (χ1) is 51.0. The Balaban J connectivity index is 1.33. The van der Waals surface area contributed by atoms with Crippen LogP contribution in [0.25, 0.3) is 0 Å². The van der Waals surface area contributed by atoms with Crippen molar-refractivity contribution in [3.05, 3.63) is 12.2 Å². The van der Waals surface area contributed by atoms with Crippen LogP contribution in [0.3, 0.4) is 0 Å². The van der Waals surface area contributed by atoms with Crippen LogP contribution in [0.5, 0.6) is 0 Å². The molecule has 1 spiro atoms. The van der Waals surface area contributed by atoms with E-state index in [-0.39, 0.29) is 135 Å². The smallest absolute Gasteiger partial charge is 0.381 e. The highest BCUT2D eigenvalue weighted by Crippen LogP contribution is 2.50. The van der Waals surface area contributed by atoms with Gasteiger partial charge in [0.25, 0.3) is 0 Å². The third kappa shape index (κ3) is 22.0. The number of hydrogen-bond donors (Lipinski definition) is 3. The molecule has 2 bridgehead atoms. The van der Waals surface area contributed by atoms with E-state index in [4.69, 9.17) is 9.47 Å². The minimum atomic E-state index is -4.57. The van der Waals surface area contributed by atoms with Gasteiger partial charge in [-0.25, -0.2) is 0 Å². The van der Waals surface area contributed by atoms with Gasteiger partial charge in [0.2, 0.25) is 70.9 Å². The topological polar surface area (TPSA) is 289 Å². The summed E-state index contributed by atoms with van der Waals surface area (Å²) in [6.07, 6.45) is -5.79. The average Bonchev–Trinajstić information content (AvgIpc) is 1.28. The molecular weight excluding hydrogens is 1430 g/mol. The van der Waals surface area contributed by atoms with Crippen LogP contribution < -0.4 is 16.0 Å². The van der Waals surface area contributed by atoms with E-state index < -0.39 is 204 Å². The Hall–Kier alpha value is -7.12. The van der Waals surface area contributed by atoms with Crippen molar-refractivity contribution in [3.63, 3.8) is 0 Å². The lowest BCUT2D eigenvalue weighted by molar-refractivity contribution is -0.215. The van der Waals surface area contributed by atoms with Gasteiger partial charge >= 0.3 is 12.4 Å². The third-order valence-electron chi connectivity index (χ3n) is 24.5. The number of likely N-dealkylation sites (N-methyl/N-ethyl adjacent to an activating group) is 7. The van der Waals surface area contributed by atoms with Gasteiger partial charge in [-0.3, -0.25) is 57.5 Å². The molecule has 0 aromatic carbocycles. The first kappa shape index (κ1) is 89.1. The number of ether oxygens (including phenoxy) is 2. The molecule has 32 heteroatoms. The number of amides is 12. The van der Waals surface area contributed by atoms with Crippen LogP contribution in [0, 0.1) is 40.9 Å². The minimum Gasteiger partial charge on any atom is -0.381 e. The Morgan fingerprint density at radius 1 is 0.633 bits per heavy atom. The van der Waals surface area contributed by atoms with Gasteiger partial charge in [-0.1, -0.05) is 78.9 Å². The molecular formula is C77H122F6N12O14. The molecule has 109 heavy (non-hydrogen) atoms. The monoisotopic (exact) mass is 1550 g/mol. The Bertz CT molecular complexity index is 3270. The maximum absolute atomic E-state index is 15.7. The standard InChI is InChI=1S/C77H122F6N12O14/c1-16-23-54-65(99)85-64(46(4)17-2)72(106)89(10)43-63(98)91(12)55-26-20-19-21-35-94(71(55)105)59(37-48-27-31-50(32-28-48)76(78,79)80)69(103)88(9)42-61(96)84-53(34-30-49-29-33-52(77(81,82)83)60(38-49)108-15)67(101)95-41-51(109-18-3)39-56(95)66(100)86-75(44-74(5,6)45-75)73(107)93(14)57(36-47-24-22-25-47)70(104)92(13)58(68(102)87(7)8)40-62(97)90(54)11/h19-20,46-60,64H,16-18,21-45H2,1-15H3,(H,84,96)(H,85,99)(H,86,100)/b20-19-/t46-,48?,49?,50?,51+,52?,53-,54-,55-,56-,57-,58-,59-,60?,64-/m0/s1. The summed E-state index contributed by atoms with van der Waals surface area (Å²) >= 11 is 0. The van der Waals surface area contributed by atoms with Gasteiger partial charge in [0, 0.05) is 89.6 Å². The number of nitrogens with one attached hydrogen (secondary N) is 3. The van der Waals surface area contributed by atoms with E-state index >= 15 is 28.8 Å². The van der Waals surface area contributed by atoms with Crippen LogP contribution >= 0.6 is 0 Å². The molecule has 7 rings (SSSR count). The number of methoxy groups -OCH3 is 1. The van der Waals surface area contributed by atoms with Gasteiger partial charge in [0.1, 0.15) is 53.9 Å². The number of halogens is 6. The van der Waals surface area contributed by atoms with Gasteiger partial charge in [-0.15, -0.1) is 0 Å². The summed E-state index contributed by atoms with van der Waals surface area (Å²) in [5.41, 5.74) is -2.26. The number of hydrogen-bond acceptors (Lipinski definition) is 14. The van der Waals surface area contributed by atoms with Crippen LogP contribution in [-0.4, -0.2) is 290 Å². The van der Waals surface area contributed by atoms with Crippen molar-refractivity contribution in [1.29, 1.82) is 0 Å². The van der Waals surface area contributed by atoms with E-state index in [0.29, 0.717) is 12.8 Å². The second kappa shape index (κ2) is 37.9. The van der Waals surface area contributed by atoms with Crippen molar-refractivity contribution in [3.8, 4) is 0 Å². The summed E-state index contributed by atoms with van der Waals surface area (Å²) < 4.78 is 97.0. The van der Waals surface area contributed by atoms with Gasteiger partial charge in [-0.2, -0.15) is 26.3 Å². The summed E-state index contributed by atoms with van der Waals surface area (Å²) in [5.74, 6) is -13.8. The normalized spacial score (nSPS) is 31.4. The summed E-state index contributed by atoms with van der Waals surface area (Å²) in [5, 5.41) is 8.69. The predicted molar refractivity (Wildman–Crippen MR) is 391 cm³/mol. The van der Waals surface area contributed by atoms with Crippen LogP contribution in [0.2, 0.25) is 0 Å². The summed E-state index contributed by atoms with van der Waals surface area (Å²) in [4.78, 5) is 192. The van der Waals surface area contributed by atoms with Crippen LogP contribution in [-0.2, 0) is 67.0 Å². The van der Waals surface area contributed by atoms with Crippen molar-refractivity contribution >= 4 is 70.9 Å². The molecule has 13 atom stereocenters. The molecule has 0 radical (unpaired) electrons. The van der Waals surface area contributed by atoms with Crippen LogP contribution in [0.4, 0.5) is 26.3 Å². The number of alkyl halides is 6.